The summed E-state index contributed by atoms with van der Waals surface area (Å²) in [6, 6.07) is 7.47. The number of hydrogen-bond acceptors (Lipinski definition) is 3. The van der Waals surface area contributed by atoms with Crippen molar-refractivity contribution in [3.63, 3.8) is 0 Å². The predicted octanol–water partition coefficient (Wildman–Crippen LogP) is 2.00. The number of hydrogen-bond donors (Lipinski definition) is 1. The Morgan fingerprint density at radius 1 is 1.35 bits per heavy atom. The molecule has 0 saturated heterocycles. The molecular formula is C15H23ClN2O2. The van der Waals surface area contributed by atoms with Gasteiger partial charge in [-0.25, -0.2) is 0 Å². The molecule has 112 valence electrons. The van der Waals surface area contributed by atoms with Crippen molar-refractivity contribution in [3.8, 4) is 0 Å². The second-order valence-corrected chi connectivity index (χ2v) is 6.30. The summed E-state index contributed by atoms with van der Waals surface area (Å²) in [7, 11) is 3.59. The van der Waals surface area contributed by atoms with Gasteiger partial charge >= 0.3 is 0 Å². The lowest BCUT2D eigenvalue weighted by molar-refractivity contribution is -0.131. The predicted molar refractivity (Wildman–Crippen MR) is 81.7 cm³/mol. The molecule has 1 aromatic rings. The molecular weight excluding hydrogens is 276 g/mol. The summed E-state index contributed by atoms with van der Waals surface area (Å²) in [5.74, 6) is 0.0109. The van der Waals surface area contributed by atoms with E-state index in [4.69, 9.17) is 11.6 Å². The summed E-state index contributed by atoms with van der Waals surface area (Å²) in [5, 5.41) is 10.4. The zero-order valence-corrected chi connectivity index (χ0v) is 13.3. The zero-order valence-electron chi connectivity index (χ0n) is 12.6. The molecule has 0 bridgehead atoms. The van der Waals surface area contributed by atoms with E-state index < -0.39 is 5.60 Å². The number of halogens is 1. The lowest BCUT2D eigenvalue weighted by Crippen LogP contribution is -2.42. The third-order valence-electron chi connectivity index (χ3n) is 2.80. The number of carbonyl (C=O) groups excluding carboxylic acids is 1. The van der Waals surface area contributed by atoms with Crippen LogP contribution in [0.2, 0.25) is 5.02 Å². The molecule has 0 aromatic heterocycles. The molecule has 20 heavy (non-hydrogen) atoms. The van der Waals surface area contributed by atoms with Crippen LogP contribution in [0.4, 0.5) is 0 Å². The first-order chi connectivity index (χ1) is 9.17. The Morgan fingerprint density at radius 3 is 2.55 bits per heavy atom. The van der Waals surface area contributed by atoms with E-state index >= 15 is 0 Å². The second kappa shape index (κ2) is 7.07. The Morgan fingerprint density at radius 2 is 2.00 bits per heavy atom. The van der Waals surface area contributed by atoms with Crippen LogP contribution in [0.5, 0.6) is 0 Å². The highest BCUT2D eigenvalue weighted by molar-refractivity contribution is 6.30. The molecule has 0 unspecified atom stereocenters. The SMILES string of the molecule is CN(CC(=O)N(C)Cc1cccc(Cl)c1)CC(C)(C)O. The Balaban J connectivity index is 2.51. The fraction of sp³-hybridized carbons (Fsp3) is 0.533. The lowest BCUT2D eigenvalue weighted by atomic mass is 10.1. The molecule has 0 saturated carbocycles. The molecule has 0 spiro atoms. The summed E-state index contributed by atoms with van der Waals surface area (Å²) in [6.45, 7) is 4.70. The molecule has 4 nitrogen and oxygen atoms in total. The summed E-state index contributed by atoms with van der Waals surface area (Å²) in [5.41, 5.74) is 0.194. The van der Waals surface area contributed by atoms with E-state index in [1.807, 2.05) is 36.2 Å². The first kappa shape index (κ1) is 17.0. The van der Waals surface area contributed by atoms with Crippen molar-refractivity contribution in [1.29, 1.82) is 0 Å². The van der Waals surface area contributed by atoms with Crippen LogP contribution in [0.3, 0.4) is 0 Å². The number of amides is 1. The van der Waals surface area contributed by atoms with Crippen LogP contribution in [0, 0.1) is 0 Å². The van der Waals surface area contributed by atoms with Gasteiger partial charge < -0.3 is 10.0 Å². The maximum absolute atomic E-state index is 12.1. The van der Waals surface area contributed by atoms with Crippen LogP contribution >= 0.6 is 11.6 Å². The Bertz CT molecular complexity index is 457. The molecule has 1 N–H and O–H groups in total. The normalized spacial score (nSPS) is 11.8. The molecule has 1 amide bonds. The van der Waals surface area contributed by atoms with Gasteiger partial charge in [0.25, 0.3) is 0 Å². The van der Waals surface area contributed by atoms with Crippen LogP contribution in [0.25, 0.3) is 0 Å². The minimum absolute atomic E-state index is 0.0109. The van der Waals surface area contributed by atoms with Gasteiger partial charge in [-0.2, -0.15) is 0 Å². The van der Waals surface area contributed by atoms with E-state index in [1.165, 1.54) is 0 Å². The number of likely N-dealkylation sites (N-methyl/N-ethyl adjacent to an activating group) is 2. The first-order valence-corrected chi connectivity index (χ1v) is 6.94. The summed E-state index contributed by atoms with van der Waals surface area (Å²) < 4.78 is 0. The summed E-state index contributed by atoms with van der Waals surface area (Å²) in [4.78, 5) is 15.6. The van der Waals surface area contributed by atoms with Gasteiger partial charge in [0.1, 0.15) is 0 Å². The molecule has 5 heteroatoms. The van der Waals surface area contributed by atoms with Crippen LogP contribution in [-0.2, 0) is 11.3 Å². The lowest BCUT2D eigenvalue weighted by Gasteiger charge is -2.27. The van der Waals surface area contributed by atoms with Crippen molar-refractivity contribution in [2.24, 2.45) is 0 Å². The molecule has 0 fully saturated rings. The highest BCUT2D eigenvalue weighted by atomic mass is 35.5. The Labute approximate surface area is 125 Å². The number of rotatable bonds is 6. The van der Waals surface area contributed by atoms with Gasteiger partial charge in [-0.15, -0.1) is 0 Å². The van der Waals surface area contributed by atoms with Crippen LogP contribution in [-0.4, -0.2) is 53.6 Å². The van der Waals surface area contributed by atoms with E-state index in [0.717, 1.165) is 5.56 Å². The van der Waals surface area contributed by atoms with Crippen LogP contribution in [0.15, 0.2) is 24.3 Å². The highest BCUT2D eigenvalue weighted by Gasteiger charge is 2.19. The second-order valence-electron chi connectivity index (χ2n) is 5.86. The van der Waals surface area contributed by atoms with Gasteiger partial charge in [0.05, 0.1) is 12.1 Å². The van der Waals surface area contributed by atoms with E-state index in [2.05, 4.69) is 0 Å². The molecule has 0 aliphatic heterocycles. The van der Waals surface area contributed by atoms with Gasteiger partial charge in [-0.05, 0) is 38.6 Å². The van der Waals surface area contributed by atoms with Gasteiger partial charge in [0.15, 0.2) is 0 Å². The molecule has 1 rings (SSSR count). The molecule has 0 aliphatic carbocycles. The van der Waals surface area contributed by atoms with Gasteiger partial charge in [0.2, 0.25) is 5.91 Å². The zero-order chi connectivity index (χ0) is 15.3. The molecule has 0 heterocycles. The van der Waals surface area contributed by atoms with Crippen molar-refractivity contribution in [2.45, 2.75) is 26.0 Å². The monoisotopic (exact) mass is 298 g/mol. The Hall–Kier alpha value is -1.10. The largest absolute Gasteiger partial charge is 0.389 e. The minimum Gasteiger partial charge on any atom is -0.389 e. The van der Waals surface area contributed by atoms with Gasteiger partial charge in [-0.1, -0.05) is 23.7 Å². The van der Waals surface area contributed by atoms with E-state index in [9.17, 15) is 9.90 Å². The highest BCUT2D eigenvalue weighted by Crippen LogP contribution is 2.12. The molecule has 0 atom stereocenters. The van der Waals surface area contributed by atoms with Gasteiger partial charge in [-0.3, -0.25) is 9.69 Å². The number of benzene rings is 1. The van der Waals surface area contributed by atoms with Crippen molar-refractivity contribution < 1.29 is 9.90 Å². The standard InChI is InChI=1S/C15H23ClN2O2/c1-15(2,20)11-17(3)10-14(19)18(4)9-12-6-5-7-13(16)8-12/h5-8,20H,9-11H2,1-4H3. The van der Waals surface area contributed by atoms with E-state index in [1.54, 1.807) is 25.8 Å². The fourth-order valence-corrected chi connectivity index (χ4v) is 2.28. The summed E-state index contributed by atoms with van der Waals surface area (Å²) >= 11 is 5.93. The third kappa shape index (κ3) is 6.37. The van der Waals surface area contributed by atoms with E-state index in [-0.39, 0.29) is 12.5 Å². The fourth-order valence-electron chi connectivity index (χ4n) is 2.07. The molecule has 0 radical (unpaired) electrons. The number of nitrogens with zero attached hydrogens (tertiary/aromatic N) is 2. The maximum Gasteiger partial charge on any atom is 0.236 e. The average Bonchev–Trinajstić information content (AvgIpc) is 2.25. The number of aliphatic hydroxyl groups is 1. The molecule has 1 aromatic carbocycles. The smallest absolute Gasteiger partial charge is 0.236 e. The van der Waals surface area contributed by atoms with Crippen molar-refractivity contribution >= 4 is 17.5 Å². The molecule has 0 aliphatic rings. The summed E-state index contributed by atoms with van der Waals surface area (Å²) in [6.07, 6.45) is 0. The quantitative estimate of drug-likeness (QED) is 0.873. The maximum atomic E-state index is 12.1. The first-order valence-electron chi connectivity index (χ1n) is 6.57. The van der Waals surface area contributed by atoms with Crippen LogP contribution in [0.1, 0.15) is 19.4 Å². The van der Waals surface area contributed by atoms with Crippen molar-refractivity contribution in [3.05, 3.63) is 34.9 Å². The third-order valence-corrected chi connectivity index (χ3v) is 3.03. The topological polar surface area (TPSA) is 43.8 Å². The van der Waals surface area contributed by atoms with Crippen molar-refractivity contribution in [1.82, 2.24) is 9.80 Å². The number of carbonyl (C=O) groups is 1. The minimum atomic E-state index is -0.805. The van der Waals surface area contributed by atoms with E-state index in [0.29, 0.717) is 18.1 Å². The van der Waals surface area contributed by atoms with Crippen molar-refractivity contribution in [2.75, 3.05) is 27.2 Å². The average molecular weight is 299 g/mol. The Kier molecular flexibility index (Phi) is 5.99. The van der Waals surface area contributed by atoms with Crippen LogP contribution < -0.4 is 0 Å². The van der Waals surface area contributed by atoms with Gasteiger partial charge in [0, 0.05) is 25.2 Å².